The minimum Gasteiger partial charge on any atom is -0.369 e. The molecule has 42 heavy (non-hydrogen) atoms. The summed E-state index contributed by atoms with van der Waals surface area (Å²) in [5.74, 6) is 1.87. The van der Waals surface area contributed by atoms with Gasteiger partial charge < -0.3 is 28.2 Å². The highest BCUT2D eigenvalue weighted by Crippen LogP contribution is 2.46. The molecule has 11 nitrogen and oxygen atoms in total. The summed E-state index contributed by atoms with van der Waals surface area (Å²) in [7, 11) is 3.75. The Morgan fingerprint density at radius 3 is 2.69 bits per heavy atom. The van der Waals surface area contributed by atoms with Gasteiger partial charge in [0.1, 0.15) is 23.9 Å². The normalized spacial score (nSPS) is 23.1. The molecule has 0 spiro atoms. The van der Waals surface area contributed by atoms with Crippen molar-refractivity contribution in [3.8, 4) is 17.4 Å². The number of aryl methyl sites for hydroxylation is 1. The minimum absolute atomic E-state index is 0.0352. The third-order valence-electron chi connectivity index (χ3n) is 7.07. The van der Waals surface area contributed by atoms with Gasteiger partial charge in [0, 0.05) is 46.5 Å². The number of halogens is 1. The summed E-state index contributed by atoms with van der Waals surface area (Å²) in [6.07, 6.45) is 2.19. The number of rotatable bonds is 8. The first-order valence-corrected chi connectivity index (χ1v) is 15.7. The maximum Gasteiger partial charge on any atom is 0.236 e. The van der Waals surface area contributed by atoms with Gasteiger partial charge in [-0.3, -0.25) is 0 Å². The zero-order valence-electron chi connectivity index (χ0n) is 23.8. The number of fused-ring (bicyclic) bond motifs is 2. The van der Waals surface area contributed by atoms with E-state index in [0.29, 0.717) is 23.0 Å². The van der Waals surface area contributed by atoms with Crippen LogP contribution in [-0.2, 0) is 20.0 Å². The standard InChI is InChI=1S/C29H30IN7O4S/c1-16-18(23(41-35-16)17-9-7-6-8-10-17)13-42-14-20-24-25(40-29(2,3)39-24)28(38-20)37-12-19(30)22-26(32-15-36(4)5)33-21(11-31)34-27(22)37/h6-10,12,15,20,24-25,28H,13-14H2,1-5H3/t20-,24-,25-,28-/m1/s1. The molecule has 3 aromatic heterocycles. The lowest BCUT2D eigenvalue weighted by molar-refractivity contribution is -0.193. The Kier molecular flexibility index (Phi) is 8.01. The Morgan fingerprint density at radius 2 is 1.95 bits per heavy atom. The summed E-state index contributed by atoms with van der Waals surface area (Å²) in [6, 6.07) is 12.1. The number of thioether (sulfide) groups is 1. The lowest BCUT2D eigenvalue weighted by Crippen LogP contribution is -2.31. The summed E-state index contributed by atoms with van der Waals surface area (Å²) in [5, 5.41) is 14.6. The molecule has 13 heteroatoms. The predicted octanol–water partition coefficient (Wildman–Crippen LogP) is 5.44. The van der Waals surface area contributed by atoms with Crippen LogP contribution < -0.4 is 0 Å². The van der Waals surface area contributed by atoms with Gasteiger partial charge in [-0.1, -0.05) is 35.5 Å². The first kappa shape index (κ1) is 29.1. The fraction of sp³-hybridized carbons (Fsp3) is 0.414. The number of nitrogens with zero attached hydrogens (tertiary/aromatic N) is 7. The molecule has 0 N–H and O–H groups in total. The molecule has 6 rings (SSSR count). The summed E-state index contributed by atoms with van der Waals surface area (Å²) in [5.41, 5.74) is 3.51. The fourth-order valence-corrected chi connectivity index (χ4v) is 7.21. The molecule has 4 aromatic rings. The van der Waals surface area contributed by atoms with Crippen LogP contribution in [0.1, 0.15) is 37.2 Å². The molecule has 0 amide bonds. The van der Waals surface area contributed by atoms with Crippen LogP contribution in [0.5, 0.6) is 0 Å². The average molecular weight is 700 g/mol. The van der Waals surface area contributed by atoms with Crippen molar-refractivity contribution in [2.45, 2.75) is 56.9 Å². The highest BCUT2D eigenvalue weighted by molar-refractivity contribution is 14.1. The van der Waals surface area contributed by atoms with E-state index in [1.165, 1.54) is 0 Å². The Hall–Kier alpha value is -3.03. The summed E-state index contributed by atoms with van der Waals surface area (Å²) < 4.78 is 27.9. The van der Waals surface area contributed by atoms with Crippen molar-refractivity contribution >= 4 is 57.5 Å². The predicted molar refractivity (Wildman–Crippen MR) is 167 cm³/mol. The Labute approximate surface area is 261 Å². The van der Waals surface area contributed by atoms with Crippen molar-refractivity contribution < 1.29 is 18.7 Å². The van der Waals surface area contributed by atoms with E-state index in [1.807, 2.05) is 80.9 Å². The van der Waals surface area contributed by atoms with Crippen molar-refractivity contribution in [3.05, 3.63) is 57.2 Å². The van der Waals surface area contributed by atoms with E-state index in [9.17, 15) is 5.26 Å². The molecule has 2 aliphatic rings. The molecule has 218 valence electrons. The van der Waals surface area contributed by atoms with Crippen LogP contribution in [0.3, 0.4) is 0 Å². The van der Waals surface area contributed by atoms with Crippen molar-refractivity contribution in [1.82, 2.24) is 24.6 Å². The van der Waals surface area contributed by atoms with Gasteiger partial charge >= 0.3 is 0 Å². The highest BCUT2D eigenvalue weighted by atomic mass is 127. The SMILES string of the molecule is Cc1noc(-c2ccccc2)c1CSC[C@H]1O[C@@H](n2cc(I)c3c(N=CN(C)C)nc(C#N)nc32)[C@@H]2OC(C)(C)O[C@@H]21. The molecule has 2 saturated heterocycles. The highest BCUT2D eigenvalue weighted by Gasteiger charge is 2.56. The van der Waals surface area contributed by atoms with Gasteiger partial charge in [-0.25, -0.2) is 9.98 Å². The second-order valence-electron chi connectivity index (χ2n) is 10.9. The first-order valence-electron chi connectivity index (χ1n) is 13.4. The zero-order valence-corrected chi connectivity index (χ0v) is 26.8. The summed E-state index contributed by atoms with van der Waals surface area (Å²) >= 11 is 3.99. The molecule has 1 aromatic carbocycles. The molecule has 0 unspecified atom stereocenters. The maximum absolute atomic E-state index is 9.67. The van der Waals surface area contributed by atoms with Gasteiger partial charge in [-0.2, -0.15) is 22.0 Å². The van der Waals surface area contributed by atoms with Gasteiger partial charge in [0.15, 0.2) is 23.6 Å². The lowest BCUT2D eigenvalue weighted by Gasteiger charge is -2.25. The molecule has 0 saturated carbocycles. The minimum atomic E-state index is -0.768. The number of ether oxygens (including phenoxy) is 3. The van der Waals surface area contributed by atoms with Crippen LogP contribution >= 0.6 is 34.4 Å². The van der Waals surface area contributed by atoms with Crippen molar-refractivity contribution in [1.29, 1.82) is 5.26 Å². The Balaban J connectivity index is 1.28. The number of aliphatic imine (C=N–C) groups is 1. The smallest absolute Gasteiger partial charge is 0.236 e. The van der Waals surface area contributed by atoms with Crippen LogP contribution in [0, 0.1) is 21.8 Å². The van der Waals surface area contributed by atoms with Gasteiger partial charge in [0.05, 0.1) is 23.5 Å². The van der Waals surface area contributed by atoms with Gasteiger partial charge in [0.2, 0.25) is 5.82 Å². The van der Waals surface area contributed by atoms with E-state index in [0.717, 1.165) is 31.5 Å². The molecule has 0 radical (unpaired) electrons. The number of aromatic nitrogens is 4. The fourth-order valence-electron chi connectivity index (χ4n) is 5.26. The second-order valence-corrected chi connectivity index (χ2v) is 13.1. The van der Waals surface area contributed by atoms with Crippen LogP contribution in [0.25, 0.3) is 22.4 Å². The molecule has 5 heterocycles. The molecule has 2 fully saturated rings. The van der Waals surface area contributed by atoms with E-state index in [-0.39, 0.29) is 24.1 Å². The lowest BCUT2D eigenvalue weighted by atomic mass is 10.1. The van der Waals surface area contributed by atoms with Crippen LogP contribution in [0.2, 0.25) is 0 Å². The van der Waals surface area contributed by atoms with Gasteiger partial charge in [-0.15, -0.1) is 0 Å². The third-order valence-corrected chi connectivity index (χ3v) is 8.94. The second kappa shape index (κ2) is 11.6. The molecule has 0 aliphatic carbocycles. The maximum atomic E-state index is 9.67. The molecular formula is C29H30IN7O4S. The van der Waals surface area contributed by atoms with Crippen molar-refractivity contribution in [2.75, 3.05) is 19.8 Å². The van der Waals surface area contributed by atoms with Crippen LogP contribution in [0.15, 0.2) is 46.0 Å². The average Bonchev–Trinajstić information content (AvgIpc) is 3.68. The van der Waals surface area contributed by atoms with E-state index < -0.39 is 12.0 Å². The van der Waals surface area contributed by atoms with E-state index in [1.54, 1.807) is 18.1 Å². The number of hydrogen-bond donors (Lipinski definition) is 0. The largest absolute Gasteiger partial charge is 0.369 e. The monoisotopic (exact) mass is 699 g/mol. The Bertz CT molecular complexity index is 1680. The molecule has 0 bridgehead atoms. The summed E-state index contributed by atoms with van der Waals surface area (Å²) in [4.78, 5) is 15.3. The van der Waals surface area contributed by atoms with Crippen LogP contribution in [-0.4, -0.2) is 74.9 Å². The molecular weight excluding hydrogens is 669 g/mol. The number of nitriles is 1. The van der Waals surface area contributed by atoms with Crippen LogP contribution in [0.4, 0.5) is 5.82 Å². The quantitative estimate of drug-likeness (QED) is 0.133. The van der Waals surface area contributed by atoms with E-state index in [2.05, 4.69) is 48.8 Å². The van der Waals surface area contributed by atoms with Gasteiger partial charge in [0.25, 0.3) is 0 Å². The number of hydrogen-bond acceptors (Lipinski definition) is 10. The van der Waals surface area contributed by atoms with Crippen molar-refractivity contribution in [2.24, 2.45) is 4.99 Å². The topological polar surface area (TPSA) is 124 Å². The molecule has 2 aliphatic heterocycles. The van der Waals surface area contributed by atoms with Crippen molar-refractivity contribution in [3.63, 3.8) is 0 Å². The first-order chi connectivity index (χ1) is 20.1. The third kappa shape index (κ3) is 5.53. The zero-order chi connectivity index (χ0) is 29.6. The van der Waals surface area contributed by atoms with E-state index >= 15 is 0 Å². The number of benzene rings is 1. The summed E-state index contributed by atoms with van der Waals surface area (Å²) in [6.45, 7) is 5.80. The Morgan fingerprint density at radius 1 is 1.19 bits per heavy atom. The van der Waals surface area contributed by atoms with E-state index in [4.69, 9.17) is 18.7 Å². The van der Waals surface area contributed by atoms with Gasteiger partial charge in [-0.05, 0) is 43.4 Å². The molecule has 4 atom stereocenters.